The van der Waals surface area contributed by atoms with E-state index < -0.39 is 5.97 Å². The van der Waals surface area contributed by atoms with Gasteiger partial charge in [0.25, 0.3) is 0 Å². The largest absolute Gasteiger partial charge is 0.469 e. The zero-order valence-electron chi connectivity index (χ0n) is 9.94. The van der Waals surface area contributed by atoms with Crippen LogP contribution >= 0.6 is 15.9 Å². The third-order valence-electron chi connectivity index (χ3n) is 2.23. The second-order valence-electron chi connectivity index (χ2n) is 3.52. The normalized spacial score (nSPS) is 9.89. The molecule has 0 spiro atoms. The van der Waals surface area contributed by atoms with Gasteiger partial charge in [-0.05, 0) is 34.5 Å². The maximum absolute atomic E-state index is 11.7. The Hall–Kier alpha value is -1.56. The Labute approximate surface area is 113 Å². The summed E-state index contributed by atoms with van der Waals surface area (Å²) in [5, 5.41) is 0. The van der Waals surface area contributed by atoms with Crippen molar-refractivity contribution >= 4 is 33.6 Å². The molecule has 0 radical (unpaired) electrons. The number of nitrogen functional groups attached to an aromatic ring is 1. The van der Waals surface area contributed by atoms with E-state index in [9.17, 15) is 9.59 Å². The Kier molecular flexibility index (Phi) is 5.64. The number of nitrogens with two attached hydrogens (primary N) is 1. The van der Waals surface area contributed by atoms with Crippen LogP contribution in [0.25, 0.3) is 0 Å². The van der Waals surface area contributed by atoms with E-state index in [1.165, 1.54) is 7.11 Å². The molecule has 0 aliphatic heterocycles. The van der Waals surface area contributed by atoms with E-state index in [-0.39, 0.29) is 19.0 Å². The van der Waals surface area contributed by atoms with Crippen molar-refractivity contribution in [3.63, 3.8) is 0 Å². The Bertz CT molecular complexity index is 448. The van der Waals surface area contributed by atoms with Crippen molar-refractivity contribution in [3.8, 4) is 0 Å². The Balaban J connectivity index is 2.46. The minimum atomic E-state index is -0.473. The Morgan fingerprint density at radius 2 is 2.11 bits per heavy atom. The van der Waals surface area contributed by atoms with Gasteiger partial charge in [-0.1, -0.05) is 6.07 Å². The van der Waals surface area contributed by atoms with Gasteiger partial charge in [0.1, 0.15) is 0 Å². The van der Waals surface area contributed by atoms with Gasteiger partial charge < -0.3 is 15.2 Å². The van der Waals surface area contributed by atoms with Crippen molar-refractivity contribution in [2.45, 2.75) is 12.8 Å². The molecule has 0 aromatic heterocycles. The quantitative estimate of drug-likeness (QED) is 0.511. The van der Waals surface area contributed by atoms with Crippen LogP contribution in [0.3, 0.4) is 0 Å². The van der Waals surface area contributed by atoms with Gasteiger partial charge in [0.15, 0.2) is 0 Å². The van der Waals surface area contributed by atoms with E-state index in [1.54, 1.807) is 18.2 Å². The molecule has 0 aliphatic carbocycles. The van der Waals surface area contributed by atoms with Gasteiger partial charge in [0.2, 0.25) is 0 Å². The summed E-state index contributed by atoms with van der Waals surface area (Å²) < 4.78 is 10.0. The number of hydrogen-bond donors (Lipinski definition) is 1. The molecule has 2 N–H and O–H groups in total. The van der Waals surface area contributed by atoms with E-state index in [0.29, 0.717) is 22.1 Å². The monoisotopic (exact) mass is 315 g/mol. The maximum atomic E-state index is 11.7. The summed E-state index contributed by atoms with van der Waals surface area (Å²) in [5.41, 5.74) is 6.50. The number of esters is 2. The lowest BCUT2D eigenvalue weighted by molar-refractivity contribution is -0.140. The van der Waals surface area contributed by atoms with Gasteiger partial charge in [-0.3, -0.25) is 4.79 Å². The molecule has 0 saturated heterocycles. The lowest BCUT2D eigenvalue weighted by atomic mass is 10.2. The van der Waals surface area contributed by atoms with Gasteiger partial charge in [-0.25, -0.2) is 4.79 Å². The molecule has 6 heteroatoms. The second-order valence-corrected chi connectivity index (χ2v) is 4.32. The van der Waals surface area contributed by atoms with E-state index in [2.05, 4.69) is 20.7 Å². The minimum absolute atomic E-state index is 0.162. The number of benzene rings is 1. The van der Waals surface area contributed by atoms with E-state index in [1.807, 2.05) is 0 Å². The molecule has 0 amide bonds. The molecule has 0 saturated carbocycles. The van der Waals surface area contributed by atoms with Gasteiger partial charge in [0, 0.05) is 12.1 Å². The first kappa shape index (κ1) is 14.5. The predicted molar refractivity (Wildman–Crippen MR) is 70.1 cm³/mol. The van der Waals surface area contributed by atoms with Crippen LogP contribution in [0.1, 0.15) is 23.2 Å². The van der Waals surface area contributed by atoms with Crippen molar-refractivity contribution in [1.29, 1.82) is 0 Å². The Morgan fingerprint density at radius 1 is 1.39 bits per heavy atom. The van der Waals surface area contributed by atoms with Crippen LogP contribution in [0.15, 0.2) is 22.7 Å². The average molecular weight is 316 g/mol. The van der Waals surface area contributed by atoms with Crippen molar-refractivity contribution in [2.75, 3.05) is 19.5 Å². The minimum Gasteiger partial charge on any atom is -0.469 e. The molecule has 98 valence electrons. The van der Waals surface area contributed by atoms with Crippen molar-refractivity contribution in [1.82, 2.24) is 0 Å². The molecule has 0 fully saturated rings. The highest BCUT2D eigenvalue weighted by molar-refractivity contribution is 9.10. The summed E-state index contributed by atoms with van der Waals surface area (Å²) >= 11 is 3.22. The molecule has 18 heavy (non-hydrogen) atoms. The number of anilines is 1. The number of rotatable bonds is 5. The van der Waals surface area contributed by atoms with Gasteiger partial charge in [-0.15, -0.1) is 0 Å². The molecule has 1 aromatic carbocycles. The topological polar surface area (TPSA) is 78.6 Å². The highest BCUT2D eigenvalue weighted by atomic mass is 79.9. The summed E-state index contributed by atoms with van der Waals surface area (Å²) in [4.78, 5) is 22.5. The first-order valence-corrected chi connectivity index (χ1v) is 6.13. The summed E-state index contributed by atoms with van der Waals surface area (Å²) in [6.07, 6.45) is 0.653. The molecular weight excluding hydrogens is 302 g/mol. The number of hydrogen-bond acceptors (Lipinski definition) is 5. The standard InChI is InChI=1S/C12H14BrNO4/c1-17-10(15)6-3-7-18-12(16)8-4-2-5-9(14)11(8)13/h2,4-5H,3,6-7,14H2,1H3. The number of carbonyl (C=O) groups is 2. The summed E-state index contributed by atoms with van der Waals surface area (Å²) in [5.74, 6) is -0.796. The number of ether oxygens (including phenoxy) is 2. The van der Waals surface area contributed by atoms with Crippen LogP contribution in [-0.2, 0) is 14.3 Å². The van der Waals surface area contributed by atoms with Crippen LogP contribution in [0.4, 0.5) is 5.69 Å². The molecule has 0 atom stereocenters. The van der Waals surface area contributed by atoms with E-state index in [0.717, 1.165) is 0 Å². The number of halogens is 1. The maximum Gasteiger partial charge on any atom is 0.339 e. The van der Waals surface area contributed by atoms with E-state index >= 15 is 0 Å². The molecule has 5 nitrogen and oxygen atoms in total. The lowest BCUT2D eigenvalue weighted by Gasteiger charge is -2.07. The summed E-state index contributed by atoms with van der Waals surface area (Å²) in [7, 11) is 1.32. The highest BCUT2D eigenvalue weighted by Gasteiger charge is 2.13. The van der Waals surface area contributed by atoms with Gasteiger partial charge in [-0.2, -0.15) is 0 Å². The number of methoxy groups -OCH3 is 1. The molecule has 1 rings (SSSR count). The zero-order valence-corrected chi connectivity index (χ0v) is 11.5. The number of carbonyl (C=O) groups excluding carboxylic acids is 2. The molecule has 1 aromatic rings. The highest BCUT2D eigenvalue weighted by Crippen LogP contribution is 2.24. The van der Waals surface area contributed by atoms with Crippen LogP contribution in [0.2, 0.25) is 0 Å². The fraction of sp³-hybridized carbons (Fsp3) is 0.333. The van der Waals surface area contributed by atoms with Gasteiger partial charge >= 0.3 is 11.9 Å². The van der Waals surface area contributed by atoms with Crippen LogP contribution < -0.4 is 5.73 Å². The fourth-order valence-electron chi connectivity index (χ4n) is 1.27. The third kappa shape index (κ3) is 4.03. The molecule has 0 heterocycles. The molecule has 0 unspecified atom stereocenters. The SMILES string of the molecule is COC(=O)CCCOC(=O)c1cccc(N)c1Br. The van der Waals surface area contributed by atoms with Crippen LogP contribution in [-0.4, -0.2) is 25.7 Å². The Morgan fingerprint density at radius 3 is 2.78 bits per heavy atom. The van der Waals surface area contributed by atoms with Crippen LogP contribution in [0.5, 0.6) is 0 Å². The van der Waals surface area contributed by atoms with Crippen LogP contribution in [0, 0.1) is 0 Å². The zero-order chi connectivity index (χ0) is 13.5. The fourth-order valence-corrected chi connectivity index (χ4v) is 1.69. The third-order valence-corrected chi connectivity index (χ3v) is 3.12. The smallest absolute Gasteiger partial charge is 0.339 e. The first-order chi connectivity index (χ1) is 8.56. The summed E-state index contributed by atoms with van der Waals surface area (Å²) in [6, 6.07) is 4.96. The summed E-state index contributed by atoms with van der Waals surface area (Å²) in [6.45, 7) is 0.162. The first-order valence-electron chi connectivity index (χ1n) is 5.34. The van der Waals surface area contributed by atoms with Crippen molar-refractivity contribution < 1.29 is 19.1 Å². The van der Waals surface area contributed by atoms with E-state index in [4.69, 9.17) is 10.5 Å². The lowest BCUT2D eigenvalue weighted by Crippen LogP contribution is -2.09. The van der Waals surface area contributed by atoms with Crippen molar-refractivity contribution in [3.05, 3.63) is 28.2 Å². The second kappa shape index (κ2) is 7.00. The van der Waals surface area contributed by atoms with Gasteiger partial charge in [0.05, 0.1) is 23.8 Å². The molecular formula is C12H14BrNO4. The molecule has 0 bridgehead atoms. The van der Waals surface area contributed by atoms with Crippen molar-refractivity contribution in [2.24, 2.45) is 0 Å². The predicted octanol–water partition coefficient (Wildman–Crippen LogP) is 2.14. The molecule has 0 aliphatic rings. The average Bonchev–Trinajstić information content (AvgIpc) is 2.37.